The SMILES string of the molecule is C=CCOC(=O)C[C@H](O)[C@H](NC(=O)[C@@H](CSC(c1ccccc1)(c1ccccc1)c1ccccc1)NC(=O)[C@@H](Cc1cscn1)NC(=O)OCC1c2ccccc2-c2ccccc21)C(C)C. The number of thiazole rings is 1. The van der Waals surface area contributed by atoms with E-state index in [9.17, 15) is 24.3 Å². The molecule has 0 bridgehead atoms. The Bertz CT molecular complexity index is 2420. The predicted molar refractivity (Wildman–Crippen MR) is 260 cm³/mol. The van der Waals surface area contributed by atoms with Crippen LogP contribution < -0.4 is 16.0 Å². The lowest BCUT2D eigenvalue weighted by molar-refractivity contribution is -0.145. The summed E-state index contributed by atoms with van der Waals surface area (Å²) in [5.74, 6) is -2.38. The van der Waals surface area contributed by atoms with Crippen LogP contribution >= 0.6 is 23.1 Å². The van der Waals surface area contributed by atoms with Crippen molar-refractivity contribution in [1.29, 1.82) is 0 Å². The number of nitrogens with zero attached hydrogens (tertiary/aromatic N) is 1. The maximum absolute atomic E-state index is 14.8. The molecule has 1 aliphatic rings. The van der Waals surface area contributed by atoms with E-state index in [1.54, 1.807) is 10.9 Å². The van der Waals surface area contributed by atoms with Crippen molar-refractivity contribution in [2.75, 3.05) is 19.0 Å². The number of ether oxygens (including phenoxy) is 2. The van der Waals surface area contributed by atoms with Crippen molar-refractivity contribution in [2.45, 2.75) is 61.6 Å². The molecule has 0 spiro atoms. The van der Waals surface area contributed by atoms with Crippen molar-refractivity contribution in [2.24, 2.45) is 5.92 Å². The summed E-state index contributed by atoms with van der Waals surface area (Å²) in [6.07, 6.45) is -1.03. The van der Waals surface area contributed by atoms with Gasteiger partial charge in [0.15, 0.2) is 0 Å². The van der Waals surface area contributed by atoms with E-state index in [1.807, 2.05) is 141 Å². The van der Waals surface area contributed by atoms with E-state index < -0.39 is 52.9 Å². The third kappa shape index (κ3) is 11.3. The number of aliphatic hydroxyl groups is 1. The predicted octanol–water partition coefficient (Wildman–Crippen LogP) is 8.42. The fourth-order valence-electron chi connectivity index (χ4n) is 8.45. The number of benzene rings is 5. The van der Waals surface area contributed by atoms with Gasteiger partial charge in [0.05, 0.1) is 34.5 Å². The zero-order valence-electron chi connectivity index (χ0n) is 36.9. The first kappa shape index (κ1) is 47.4. The Balaban J connectivity index is 1.19. The number of nitrogens with one attached hydrogen (secondary N) is 3. The van der Waals surface area contributed by atoms with Crippen molar-refractivity contribution in [3.05, 3.63) is 197 Å². The van der Waals surface area contributed by atoms with Gasteiger partial charge >= 0.3 is 12.1 Å². The van der Waals surface area contributed by atoms with Crippen LogP contribution in [0.4, 0.5) is 4.79 Å². The normalized spacial score (nSPS) is 13.9. The number of aliphatic hydroxyl groups excluding tert-OH is 1. The van der Waals surface area contributed by atoms with Crippen molar-refractivity contribution in [1.82, 2.24) is 20.9 Å². The summed E-state index contributed by atoms with van der Waals surface area (Å²) >= 11 is 2.82. The molecule has 1 aromatic heterocycles. The second kappa shape index (κ2) is 22.6. The smallest absolute Gasteiger partial charge is 0.407 e. The van der Waals surface area contributed by atoms with Gasteiger partial charge in [-0.3, -0.25) is 14.4 Å². The molecule has 0 aliphatic heterocycles. The third-order valence-corrected chi connectivity index (χ3v) is 13.9. The fourth-order valence-corrected chi connectivity index (χ4v) is 10.6. The van der Waals surface area contributed by atoms with Gasteiger partial charge in [-0.2, -0.15) is 0 Å². The van der Waals surface area contributed by atoms with Gasteiger partial charge in [-0.25, -0.2) is 9.78 Å². The number of alkyl carbamates (subject to hydrolysis) is 1. The first-order chi connectivity index (χ1) is 32.1. The zero-order chi connectivity index (χ0) is 46.5. The largest absolute Gasteiger partial charge is 0.461 e. The molecule has 3 amide bonds. The summed E-state index contributed by atoms with van der Waals surface area (Å²) in [7, 11) is 0. The first-order valence-electron chi connectivity index (χ1n) is 21.9. The van der Waals surface area contributed by atoms with E-state index in [1.165, 1.54) is 29.2 Å². The quantitative estimate of drug-likeness (QED) is 0.0316. The Morgan fingerprint density at radius 1 is 0.742 bits per heavy atom. The number of carbonyl (C=O) groups excluding carboxylic acids is 4. The van der Waals surface area contributed by atoms with E-state index in [2.05, 4.69) is 39.6 Å². The summed E-state index contributed by atoms with van der Waals surface area (Å²) in [6.45, 7) is 7.22. The number of hydrogen-bond acceptors (Lipinski definition) is 10. The minimum Gasteiger partial charge on any atom is -0.461 e. The van der Waals surface area contributed by atoms with Gasteiger partial charge in [0, 0.05) is 23.5 Å². The topological polar surface area (TPSA) is 156 Å². The Hall–Kier alpha value is -6.54. The van der Waals surface area contributed by atoms with Gasteiger partial charge < -0.3 is 30.5 Å². The molecule has 5 aromatic carbocycles. The van der Waals surface area contributed by atoms with Gasteiger partial charge in [-0.05, 0) is 44.9 Å². The van der Waals surface area contributed by atoms with E-state index in [0.29, 0.717) is 5.69 Å². The average Bonchev–Trinajstić information content (AvgIpc) is 3.98. The van der Waals surface area contributed by atoms with Crippen LogP contribution in [-0.2, 0) is 35.0 Å². The zero-order valence-corrected chi connectivity index (χ0v) is 38.5. The van der Waals surface area contributed by atoms with Crippen LogP contribution in [-0.4, -0.2) is 77.2 Å². The van der Waals surface area contributed by atoms with E-state index in [-0.39, 0.29) is 43.6 Å². The van der Waals surface area contributed by atoms with Crippen molar-refractivity contribution >= 4 is 47.0 Å². The molecule has 13 heteroatoms. The lowest BCUT2D eigenvalue weighted by Crippen LogP contribution is -2.58. The molecular weight excluding hydrogens is 869 g/mol. The minimum atomic E-state index is -1.31. The van der Waals surface area contributed by atoms with Crippen LogP contribution in [0.1, 0.15) is 59.7 Å². The molecule has 66 heavy (non-hydrogen) atoms. The maximum atomic E-state index is 14.8. The molecule has 1 heterocycles. The third-order valence-electron chi connectivity index (χ3n) is 11.7. The van der Waals surface area contributed by atoms with Gasteiger partial charge in [-0.15, -0.1) is 23.1 Å². The van der Waals surface area contributed by atoms with E-state index >= 15 is 0 Å². The average molecular weight is 923 g/mol. The molecule has 340 valence electrons. The second-order valence-electron chi connectivity index (χ2n) is 16.4. The van der Waals surface area contributed by atoms with Gasteiger partial charge in [0.2, 0.25) is 11.8 Å². The molecule has 6 aromatic rings. The molecule has 4 N–H and O–H groups in total. The summed E-state index contributed by atoms with van der Waals surface area (Å²) in [6, 6.07) is 42.6. The highest BCUT2D eigenvalue weighted by molar-refractivity contribution is 8.00. The molecule has 0 saturated heterocycles. The van der Waals surface area contributed by atoms with Gasteiger partial charge in [0.25, 0.3) is 0 Å². The van der Waals surface area contributed by atoms with Crippen LogP contribution in [0.5, 0.6) is 0 Å². The van der Waals surface area contributed by atoms with Crippen LogP contribution in [0.15, 0.2) is 163 Å². The lowest BCUT2D eigenvalue weighted by Gasteiger charge is -2.37. The van der Waals surface area contributed by atoms with E-state index in [0.717, 1.165) is 38.9 Å². The minimum absolute atomic E-state index is 0.0170. The standard InChI is InChI=1S/C53H54N4O7S2/c1-4-28-63-48(59)30-47(58)49(35(2)3)57-51(61)46(33-66-53(36-18-8-5-9-19-36,37-20-10-6-11-21-37)38-22-12-7-13-23-38)55-50(60)45(29-39-32-65-34-54-39)56-52(62)64-31-44-42-26-16-14-24-40(42)41-25-15-17-27-43(41)44/h4-27,32,34-35,44-47,49,58H,1,28-31,33H2,2-3H3,(H,55,60)(H,56,62)(H,57,61)/t45-,46-,47+,49-/m1/s1. The molecule has 11 nitrogen and oxygen atoms in total. The Labute approximate surface area is 394 Å². The van der Waals surface area contributed by atoms with Crippen molar-refractivity contribution < 1.29 is 33.8 Å². The molecule has 1 aliphatic carbocycles. The van der Waals surface area contributed by atoms with Crippen LogP contribution in [0.3, 0.4) is 0 Å². The number of rotatable bonds is 21. The maximum Gasteiger partial charge on any atom is 0.407 e. The van der Waals surface area contributed by atoms with Gasteiger partial charge in [0.1, 0.15) is 25.3 Å². The number of hydrogen-bond donors (Lipinski definition) is 4. The molecule has 4 atom stereocenters. The first-order valence-corrected chi connectivity index (χ1v) is 23.9. The second-order valence-corrected chi connectivity index (χ2v) is 18.3. The highest BCUT2D eigenvalue weighted by Gasteiger charge is 2.40. The number of aromatic nitrogens is 1. The highest BCUT2D eigenvalue weighted by Crippen LogP contribution is 2.49. The number of thioether (sulfide) groups is 1. The van der Waals surface area contributed by atoms with Crippen molar-refractivity contribution in [3.63, 3.8) is 0 Å². The summed E-state index contributed by atoms with van der Waals surface area (Å²) < 4.78 is 10.2. The van der Waals surface area contributed by atoms with Gasteiger partial charge in [-0.1, -0.05) is 166 Å². The Kier molecular flexibility index (Phi) is 16.2. The monoisotopic (exact) mass is 922 g/mol. The molecular formula is C53H54N4O7S2. The Morgan fingerprint density at radius 3 is 1.79 bits per heavy atom. The highest BCUT2D eigenvalue weighted by atomic mass is 32.2. The summed E-state index contributed by atoms with van der Waals surface area (Å²) in [5.41, 5.74) is 9.32. The molecule has 0 saturated carbocycles. The van der Waals surface area contributed by atoms with Crippen LogP contribution in [0.25, 0.3) is 11.1 Å². The Morgan fingerprint density at radius 2 is 1.27 bits per heavy atom. The number of fused-ring (bicyclic) bond motifs is 3. The fraction of sp³-hybridized carbons (Fsp3) is 0.264. The molecule has 0 fully saturated rings. The molecule has 0 radical (unpaired) electrons. The number of carbonyl (C=O) groups is 4. The molecule has 7 rings (SSSR count). The van der Waals surface area contributed by atoms with Crippen LogP contribution in [0.2, 0.25) is 0 Å². The number of amides is 3. The molecule has 0 unspecified atom stereocenters. The lowest BCUT2D eigenvalue weighted by atomic mass is 9.84. The van der Waals surface area contributed by atoms with Crippen LogP contribution in [0, 0.1) is 5.92 Å². The summed E-state index contributed by atoms with van der Waals surface area (Å²) in [5, 5.41) is 21.9. The van der Waals surface area contributed by atoms with Crippen molar-refractivity contribution in [3.8, 4) is 11.1 Å². The summed E-state index contributed by atoms with van der Waals surface area (Å²) in [4.78, 5) is 60.3. The number of esters is 1. The van der Waals surface area contributed by atoms with E-state index in [4.69, 9.17) is 9.47 Å².